The van der Waals surface area contributed by atoms with Crippen molar-refractivity contribution in [2.75, 3.05) is 13.2 Å². The first-order chi connectivity index (χ1) is 20.4. The molecule has 0 spiro atoms. The molecule has 10 nitrogen and oxygen atoms in total. The molecule has 0 radical (unpaired) electrons. The molecule has 4 rings (SSSR count). The molecular weight excluding hydrogens is 619 g/mol. The Balaban J connectivity index is 1.59. The molecule has 3 aromatic rings. The molecule has 43 heavy (non-hydrogen) atoms. The third kappa shape index (κ3) is 7.48. The van der Waals surface area contributed by atoms with E-state index >= 15 is 0 Å². The van der Waals surface area contributed by atoms with Gasteiger partial charge >= 0.3 is 16.1 Å². The van der Waals surface area contributed by atoms with Crippen LogP contribution < -0.4 is 19.0 Å². The molecule has 1 N–H and O–H groups in total. The number of amides is 4. The van der Waals surface area contributed by atoms with Gasteiger partial charge in [-0.3, -0.25) is 19.8 Å². The number of halogens is 2. The van der Waals surface area contributed by atoms with E-state index in [0.29, 0.717) is 30.3 Å². The summed E-state index contributed by atoms with van der Waals surface area (Å²) in [5, 5.41) is 1.80. The molecule has 0 unspecified atom stereocenters. The predicted octanol–water partition coefficient (Wildman–Crippen LogP) is 5.92. The minimum Gasteiger partial charge on any atom is -0.490 e. The molecule has 1 heterocycles. The molecule has 13 heteroatoms. The summed E-state index contributed by atoms with van der Waals surface area (Å²) in [4.78, 5) is 39.4. The number of rotatable bonds is 11. The molecule has 0 atom stereocenters. The molecule has 226 valence electrons. The average molecular weight is 648 g/mol. The van der Waals surface area contributed by atoms with Crippen molar-refractivity contribution in [3.05, 3.63) is 86.9 Å². The number of benzene rings is 3. The van der Waals surface area contributed by atoms with Crippen LogP contribution in [-0.2, 0) is 26.3 Å². The Labute approximate surface area is 259 Å². The lowest BCUT2D eigenvalue weighted by molar-refractivity contribution is -0.130. The van der Waals surface area contributed by atoms with Crippen molar-refractivity contribution in [1.29, 1.82) is 0 Å². The summed E-state index contributed by atoms with van der Waals surface area (Å²) >= 11 is 12.6. The number of carbonyl (C=O) groups is 3. The minimum atomic E-state index is -4.25. The summed E-state index contributed by atoms with van der Waals surface area (Å²) in [6.07, 6.45) is 2.00. The van der Waals surface area contributed by atoms with Crippen LogP contribution in [-0.4, -0.2) is 44.4 Å². The molecule has 0 aliphatic carbocycles. The normalized spacial score (nSPS) is 14.6. The number of barbiturate groups is 1. The summed E-state index contributed by atoms with van der Waals surface area (Å²) < 4.78 is 42.0. The van der Waals surface area contributed by atoms with Crippen molar-refractivity contribution in [3.8, 4) is 17.2 Å². The van der Waals surface area contributed by atoms with E-state index in [1.54, 1.807) is 30.3 Å². The first-order valence-electron chi connectivity index (χ1n) is 13.2. The van der Waals surface area contributed by atoms with Crippen LogP contribution in [0, 0.1) is 6.92 Å². The molecule has 0 saturated carbocycles. The van der Waals surface area contributed by atoms with Crippen LogP contribution in [0.15, 0.2) is 65.1 Å². The quantitative estimate of drug-likeness (QED) is 0.154. The largest absolute Gasteiger partial charge is 0.490 e. The smallest absolute Gasteiger partial charge is 0.339 e. The van der Waals surface area contributed by atoms with Gasteiger partial charge in [0.25, 0.3) is 11.8 Å². The summed E-state index contributed by atoms with van der Waals surface area (Å²) in [6.45, 7) is 6.32. The third-order valence-electron chi connectivity index (χ3n) is 6.13. The average Bonchev–Trinajstić information content (AvgIpc) is 2.95. The maximum Gasteiger partial charge on any atom is 0.339 e. The molecule has 0 bridgehead atoms. The van der Waals surface area contributed by atoms with Gasteiger partial charge in [-0.2, -0.15) is 8.42 Å². The zero-order valence-electron chi connectivity index (χ0n) is 23.5. The third-order valence-corrected chi connectivity index (χ3v) is 7.93. The van der Waals surface area contributed by atoms with Crippen LogP contribution in [0.4, 0.5) is 4.79 Å². The number of hydrogen-bond acceptors (Lipinski definition) is 8. The van der Waals surface area contributed by atoms with Crippen LogP contribution in [0.25, 0.3) is 6.08 Å². The number of aryl methyl sites for hydroxylation is 1. The number of urea groups is 1. The molecular formula is C30H28Cl2N2O8S. The molecule has 1 fully saturated rings. The van der Waals surface area contributed by atoms with Crippen molar-refractivity contribution in [1.82, 2.24) is 10.2 Å². The van der Waals surface area contributed by atoms with Crippen LogP contribution in [0.3, 0.4) is 0 Å². The van der Waals surface area contributed by atoms with Crippen molar-refractivity contribution in [2.45, 2.75) is 38.6 Å². The first kappa shape index (κ1) is 31.9. The Morgan fingerprint density at radius 2 is 1.58 bits per heavy atom. The number of hydrogen-bond donors (Lipinski definition) is 1. The second-order valence-corrected chi connectivity index (χ2v) is 11.8. The van der Waals surface area contributed by atoms with Gasteiger partial charge in [0, 0.05) is 0 Å². The van der Waals surface area contributed by atoms with E-state index in [0.717, 1.165) is 16.9 Å². The number of nitrogens with zero attached hydrogens (tertiary/aromatic N) is 1. The standard InChI is InChI=1S/C30H28Cl2N2O8S/c1-4-12-41-25-11-8-19(16-26(25)40-5-2)17-34-29(36)22(28(35)33-30(34)37)13-20-14-23(31)27(24(32)15-20)42-43(38,39)21-9-6-18(3)7-10-21/h6-11,13-16H,4-5,12,17H2,1-3H3,(H,33,35,37)/b22-13+. The van der Waals surface area contributed by atoms with Gasteiger partial charge in [0.1, 0.15) is 10.5 Å². The monoisotopic (exact) mass is 646 g/mol. The summed E-state index contributed by atoms with van der Waals surface area (Å²) in [6, 6.07) is 12.7. The van der Waals surface area contributed by atoms with E-state index in [-0.39, 0.29) is 38.4 Å². The SMILES string of the molecule is CCCOc1ccc(CN2C(=O)NC(=O)/C(=C\c3cc(Cl)c(OS(=O)(=O)c4ccc(C)cc4)c(Cl)c3)C2=O)cc1OCC. The van der Waals surface area contributed by atoms with E-state index in [2.05, 4.69) is 5.32 Å². The zero-order chi connectivity index (χ0) is 31.3. The summed E-state index contributed by atoms with van der Waals surface area (Å²) in [5.41, 5.74) is 1.26. The van der Waals surface area contributed by atoms with E-state index in [1.807, 2.05) is 20.8 Å². The van der Waals surface area contributed by atoms with E-state index in [9.17, 15) is 22.8 Å². The molecule has 1 aliphatic heterocycles. The van der Waals surface area contributed by atoms with Crippen LogP contribution in [0.2, 0.25) is 10.0 Å². The van der Waals surface area contributed by atoms with Gasteiger partial charge in [-0.25, -0.2) is 4.79 Å². The maximum atomic E-state index is 13.3. The number of ether oxygens (including phenoxy) is 2. The van der Waals surface area contributed by atoms with Gasteiger partial charge in [0.2, 0.25) is 0 Å². The second kappa shape index (κ2) is 13.5. The summed E-state index contributed by atoms with van der Waals surface area (Å²) in [5.74, 6) is -1.10. The molecule has 0 aromatic heterocycles. The highest BCUT2D eigenvalue weighted by molar-refractivity contribution is 7.87. The Bertz CT molecular complexity index is 1680. The lowest BCUT2D eigenvalue weighted by Gasteiger charge is -2.26. The fourth-order valence-electron chi connectivity index (χ4n) is 4.04. The molecule has 1 saturated heterocycles. The Hall–Kier alpha value is -4.06. The van der Waals surface area contributed by atoms with E-state index < -0.39 is 28.0 Å². The van der Waals surface area contributed by atoms with Gasteiger partial charge in [-0.05, 0) is 73.9 Å². The van der Waals surface area contributed by atoms with Gasteiger partial charge in [0.15, 0.2) is 17.2 Å². The van der Waals surface area contributed by atoms with Crippen LogP contribution in [0.1, 0.15) is 37.0 Å². The fraction of sp³-hybridized carbons (Fsp3) is 0.233. The van der Waals surface area contributed by atoms with E-state index in [4.69, 9.17) is 36.9 Å². The second-order valence-electron chi connectivity index (χ2n) is 9.44. The highest BCUT2D eigenvalue weighted by Crippen LogP contribution is 2.37. The van der Waals surface area contributed by atoms with Crippen molar-refractivity contribution in [2.24, 2.45) is 0 Å². The number of nitrogens with one attached hydrogen (secondary N) is 1. The van der Waals surface area contributed by atoms with Crippen molar-refractivity contribution >= 4 is 57.2 Å². The van der Waals surface area contributed by atoms with Crippen LogP contribution >= 0.6 is 23.2 Å². The maximum absolute atomic E-state index is 13.3. The van der Waals surface area contributed by atoms with Gasteiger partial charge in [-0.15, -0.1) is 0 Å². The lowest BCUT2D eigenvalue weighted by atomic mass is 10.1. The van der Waals surface area contributed by atoms with Gasteiger partial charge < -0.3 is 13.7 Å². The Kier molecular flexibility index (Phi) is 10.0. The van der Waals surface area contributed by atoms with Crippen LogP contribution in [0.5, 0.6) is 17.2 Å². The Morgan fingerprint density at radius 3 is 2.21 bits per heavy atom. The molecule has 3 aromatic carbocycles. The predicted molar refractivity (Wildman–Crippen MR) is 161 cm³/mol. The minimum absolute atomic E-state index is 0.0952. The number of carbonyl (C=O) groups excluding carboxylic acids is 3. The van der Waals surface area contributed by atoms with Crippen molar-refractivity contribution < 1.29 is 36.5 Å². The van der Waals surface area contributed by atoms with Gasteiger partial charge in [-0.1, -0.05) is 53.9 Å². The zero-order valence-corrected chi connectivity index (χ0v) is 25.8. The Morgan fingerprint density at radius 1 is 0.907 bits per heavy atom. The first-order valence-corrected chi connectivity index (χ1v) is 15.4. The van der Waals surface area contributed by atoms with Gasteiger partial charge in [0.05, 0.1) is 29.8 Å². The molecule has 1 aliphatic rings. The van der Waals surface area contributed by atoms with E-state index in [1.165, 1.54) is 30.3 Å². The number of imide groups is 2. The highest BCUT2D eigenvalue weighted by Gasteiger charge is 2.36. The molecule has 4 amide bonds. The van der Waals surface area contributed by atoms with Crippen molar-refractivity contribution in [3.63, 3.8) is 0 Å². The fourth-order valence-corrected chi connectivity index (χ4v) is 5.68. The topological polar surface area (TPSA) is 128 Å². The summed E-state index contributed by atoms with van der Waals surface area (Å²) in [7, 11) is -4.25. The highest BCUT2D eigenvalue weighted by atomic mass is 35.5. The lowest BCUT2D eigenvalue weighted by Crippen LogP contribution is -2.53.